The van der Waals surface area contributed by atoms with Gasteiger partial charge < -0.3 is 0 Å². The molecule has 0 fully saturated rings. The van der Waals surface area contributed by atoms with Crippen molar-refractivity contribution in [1.29, 1.82) is 0 Å². The second-order valence-electron chi connectivity index (χ2n) is 16.3. The Labute approximate surface area is 281 Å². The van der Waals surface area contributed by atoms with E-state index in [1.165, 1.54) is 44.5 Å². The third-order valence-electron chi connectivity index (χ3n) is 10.3. The fourth-order valence-electron chi connectivity index (χ4n) is 7.75. The predicted molar refractivity (Wildman–Crippen MR) is 206 cm³/mol. The second-order valence-corrected chi connectivity index (χ2v) is 25.1. The maximum absolute atomic E-state index is 2.61. The van der Waals surface area contributed by atoms with Crippen molar-refractivity contribution < 1.29 is 0 Å². The summed E-state index contributed by atoms with van der Waals surface area (Å²) in [6.45, 7) is 26.3. The van der Waals surface area contributed by atoms with E-state index in [4.69, 9.17) is 0 Å². The average molecular weight is 637 g/mol. The first-order chi connectivity index (χ1) is 21.7. The Morgan fingerprint density at radius 2 is 1.04 bits per heavy atom. The van der Waals surface area contributed by atoms with Crippen molar-refractivity contribution in [1.82, 2.24) is 0 Å². The van der Waals surface area contributed by atoms with Crippen LogP contribution >= 0.6 is 0 Å². The summed E-state index contributed by atoms with van der Waals surface area (Å²) in [6, 6.07) is 33.3. The van der Waals surface area contributed by atoms with Gasteiger partial charge in [0, 0.05) is 19.0 Å². The molecule has 0 saturated heterocycles. The number of hydrogen-bond donors (Lipinski definition) is 0. The fraction of sp³-hybridized carbons (Fsp3) is 0.364. The molecule has 2 atom stereocenters. The highest BCUT2D eigenvalue weighted by Crippen LogP contribution is 2.52. The Balaban J connectivity index is 1.57. The van der Waals surface area contributed by atoms with Gasteiger partial charge in [-0.2, -0.15) is 0 Å². The Bertz CT molecular complexity index is 1910. The number of benzene rings is 4. The van der Waals surface area contributed by atoms with Gasteiger partial charge in [0.15, 0.2) is 0 Å². The SMILES string of the molecule is Cc1cc(C(C)(C)C)ccc1C1=Cc2ccccc2C1[Si](C1C(c2ccc(C(C)(C)C)cc2C(C)C)=Cc2ccccc21)=[Si](C)C. The van der Waals surface area contributed by atoms with Gasteiger partial charge >= 0.3 is 0 Å². The van der Waals surface area contributed by atoms with Gasteiger partial charge in [-0.1, -0.05) is 166 Å². The molecule has 2 heteroatoms. The normalized spacial score (nSPS) is 17.5. The first-order valence-electron chi connectivity index (χ1n) is 17.2. The molecule has 0 saturated carbocycles. The van der Waals surface area contributed by atoms with E-state index in [0.717, 1.165) is 0 Å². The first kappa shape index (κ1) is 32.7. The Hall–Kier alpha value is -3.21. The zero-order valence-electron chi connectivity index (χ0n) is 30.0. The van der Waals surface area contributed by atoms with Crippen LogP contribution in [0.4, 0.5) is 0 Å². The van der Waals surface area contributed by atoms with Crippen LogP contribution in [0, 0.1) is 6.92 Å². The Kier molecular flexibility index (Phi) is 8.61. The molecule has 0 aromatic heterocycles. The lowest BCUT2D eigenvalue weighted by Gasteiger charge is -2.31. The first-order valence-corrected chi connectivity index (χ1v) is 22.4. The zero-order valence-corrected chi connectivity index (χ0v) is 32.0. The van der Waals surface area contributed by atoms with E-state index in [1.807, 2.05) is 0 Å². The van der Waals surface area contributed by atoms with Crippen LogP contribution in [0.3, 0.4) is 0 Å². The molecule has 6 rings (SSSR count). The zero-order chi connectivity index (χ0) is 33.1. The minimum atomic E-state index is -1.00. The molecular formula is C44H52Si2. The van der Waals surface area contributed by atoms with E-state index >= 15 is 0 Å². The van der Waals surface area contributed by atoms with Crippen molar-refractivity contribution >= 4 is 39.1 Å². The lowest BCUT2D eigenvalue weighted by Crippen LogP contribution is -2.30. The molecule has 0 N–H and O–H groups in total. The fourth-order valence-corrected chi connectivity index (χ4v) is 16.9. The summed E-state index contributed by atoms with van der Waals surface area (Å²) in [4.78, 5) is 0. The summed E-state index contributed by atoms with van der Waals surface area (Å²) in [6.07, 6.45) is 5.12. The predicted octanol–water partition coefficient (Wildman–Crippen LogP) is 12.1. The summed E-state index contributed by atoms with van der Waals surface area (Å²) in [7, 11) is -1.69. The maximum Gasteiger partial charge on any atom is 0.0154 e. The average Bonchev–Trinajstić information content (AvgIpc) is 3.55. The number of hydrogen-bond acceptors (Lipinski definition) is 0. The molecule has 0 amide bonds. The van der Waals surface area contributed by atoms with Crippen molar-refractivity contribution in [2.45, 2.75) is 103 Å². The van der Waals surface area contributed by atoms with Crippen molar-refractivity contribution in [2.24, 2.45) is 0 Å². The topological polar surface area (TPSA) is 0 Å². The van der Waals surface area contributed by atoms with Gasteiger partial charge in [0.1, 0.15) is 0 Å². The van der Waals surface area contributed by atoms with Crippen LogP contribution in [0.5, 0.6) is 0 Å². The van der Waals surface area contributed by atoms with Gasteiger partial charge in [-0.05, 0) is 98.3 Å². The Morgan fingerprint density at radius 1 is 0.587 bits per heavy atom. The van der Waals surface area contributed by atoms with E-state index in [-0.39, 0.29) is 10.8 Å². The van der Waals surface area contributed by atoms with Gasteiger partial charge in [0.2, 0.25) is 0 Å². The van der Waals surface area contributed by atoms with Crippen LogP contribution in [-0.2, 0) is 10.8 Å². The van der Waals surface area contributed by atoms with Gasteiger partial charge in [0.25, 0.3) is 0 Å². The summed E-state index contributed by atoms with van der Waals surface area (Å²) in [5, 5.41) is 0. The summed E-state index contributed by atoms with van der Waals surface area (Å²) < 4.78 is 0. The van der Waals surface area contributed by atoms with Gasteiger partial charge in [-0.25, -0.2) is 0 Å². The molecule has 4 aromatic rings. The minimum Gasteiger partial charge on any atom is -0.0619 e. The standard InChI is InChI=1S/C44H52Si2/c1-28(2)38-27-33(44(7,8)9)21-23-37(38)40-26-31-17-13-15-19-36(31)42(40)46(45(10)11)41-35-18-14-12-16-30(35)25-39(41)34-22-20-32(24-29(34)3)43(4,5)6/h12-28,41-42H,1-11H3. The van der Waals surface area contributed by atoms with E-state index in [9.17, 15) is 0 Å². The van der Waals surface area contributed by atoms with Gasteiger partial charge in [-0.15, -0.1) is 0 Å². The summed E-state index contributed by atoms with van der Waals surface area (Å²) >= 11 is 0. The van der Waals surface area contributed by atoms with Gasteiger partial charge in [-0.3, -0.25) is 0 Å². The van der Waals surface area contributed by atoms with E-state index in [0.29, 0.717) is 17.0 Å². The number of fused-ring (bicyclic) bond motifs is 2. The largest absolute Gasteiger partial charge is 0.0619 e. The van der Waals surface area contributed by atoms with Crippen molar-refractivity contribution in [3.8, 4) is 0 Å². The summed E-state index contributed by atoms with van der Waals surface area (Å²) in [5.74, 6) is 0.456. The van der Waals surface area contributed by atoms with E-state index < -0.39 is 15.8 Å². The molecule has 0 radical (unpaired) electrons. The lowest BCUT2D eigenvalue weighted by atomic mass is 9.82. The van der Waals surface area contributed by atoms with Crippen LogP contribution in [0.2, 0.25) is 13.1 Å². The highest BCUT2D eigenvalue weighted by Gasteiger charge is 2.40. The molecule has 2 aliphatic carbocycles. The van der Waals surface area contributed by atoms with E-state index in [1.54, 1.807) is 22.3 Å². The molecule has 236 valence electrons. The second kappa shape index (κ2) is 12.1. The molecule has 0 spiro atoms. The van der Waals surface area contributed by atoms with Crippen LogP contribution in [0.1, 0.15) is 128 Å². The maximum atomic E-state index is 2.61. The monoisotopic (exact) mass is 636 g/mol. The van der Waals surface area contributed by atoms with Crippen molar-refractivity contribution in [3.05, 3.63) is 141 Å². The number of allylic oxidation sites excluding steroid dienone is 2. The summed E-state index contributed by atoms with van der Waals surface area (Å²) in [5.41, 5.74) is 18.9. The highest BCUT2D eigenvalue weighted by atomic mass is 28.9. The van der Waals surface area contributed by atoms with E-state index in [2.05, 4.69) is 172 Å². The molecular weight excluding hydrogens is 585 g/mol. The molecule has 4 aromatic carbocycles. The third kappa shape index (κ3) is 5.88. The number of rotatable bonds is 5. The van der Waals surface area contributed by atoms with Crippen LogP contribution < -0.4 is 0 Å². The number of aryl methyl sites for hydroxylation is 1. The van der Waals surface area contributed by atoms with Crippen LogP contribution in [0.25, 0.3) is 23.3 Å². The van der Waals surface area contributed by atoms with Crippen LogP contribution in [0.15, 0.2) is 84.9 Å². The smallest absolute Gasteiger partial charge is 0.0154 e. The van der Waals surface area contributed by atoms with Gasteiger partial charge in [0.05, 0.1) is 0 Å². The molecule has 46 heavy (non-hydrogen) atoms. The third-order valence-corrected chi connectivity index (χ3v) is 19.2. The Morgan fingerprint density at radius 3 is 1.50 bits per heavy atom. The molecule has 0 heterocycles. The molecule has 2 aliphatic rings. The van der Waals surface area contributed by atoms with Crippen molar-refractivity contribution in [2.75, 3.05) is 0 Å². The minimum absolute atomic E-state index is 0.125. The van der Waals surface area contributed by atoms with Crippen LogP contribution in [-0.4, -0.2) is 15.8 Å². The lowest BCUT2D eigenvalue weighted by molar-refractivity contribution is 0.588. The molecule has 0 aliphatic heterocycles. The van der Waals surface area contributed by atoms with Crippen molar-refractivity contribution in [3.63, 3.8) is 0 Å². The molecule has 2 unspecified atom stereocenters. The molecule has 0 bridgehead atoms. The highest BCUT2D eigenvalue weighted by molar-refractivity contribution is 6.98. The quantitative estimate of drug-likeness (QED) is 0.191. The molecule has 0 nitrogen and oxygen atoms in total.